The highest BCUT2D eigenvalue weighted by Gasteiger charge is 2.35. The monoisotopic (exact) mass is 350 g/mol. The van der Waals surface area contributed by atoms with Gasteiger partial charge in [0, 0.05) is 26.6 Å². The van der Waals surface area contributed by atoms with E-state index < -0.39 is 0 Å². The predicted molar refractivity (Wildman–Crippen MR) is 98.8 cm³/mol. The van der Waals surface area contributed by atoms with Gasteiger partial charge in [0.1, 0.15) is 0 Å². The minimum Gasteiger partial charge on any atom is -0.341 e. The van der Waals surface area contributed by atoms with Gasteiger partial charge in [-0.05, 0) is 37.1 Å². The lowest BCUT2D eigenvalue weighted by Crippen LogP contribution is -2.35. The number of carbonyl (C=O) groups is 3. The second-order valence-corrected chi connectivity index (χ2v) is 6.74. The van der Waals surface area contributed by atoms with Crippen molar-refractivity contribution in [1.82, 2.24) is 9.80 Å². The highest BCUT2D eigenvalue weighted by atomic mass is 16.2. The van der Waals surface area contributed by atoms with Gasteiger partial charge in [0.05, 0.1) is 11.1 Å². The number of fused-ring (bicyclic) bond motifs is 1. The van der Waals surface area contributed by atoms with Crippen molar-refractivity contribution in [3.8, 4) is 0 Å². The third-order valence-corrected chi connectivity index (χ3v) is 4.76. The Morgan fingerprint density at radius 1 is 1.00 bits per heavy atom. The van der Waals surface area contributed by atoms with Gasteiger partial charge in [-0.2, -0.15) is 0 Å². The lowest BCUT2D eigenvalue weighted by molar-refractivity contribution is -0.130. The molecule has 0 saturated carbocycles. The van der Waals surface area contributed by atoms with Crippen molar-refractivity contribution < 1.29 is 14.4 Å². The van der Waals surface area contributed by atoms with Crippen LogP contribution in [-0.4, -0.2) is 41.1 Å². The van der Waals surface area contributed by atoms with E-state index in [0.29, 0.717) is 17.7 Å². The molecule has 0 saturated heterocycles. The van der Waals surface area contributed by atoms with Crippen LogP contribution in [0.15, 0.2) is 42.5 Å². The van der Waals surface area contributed by atoms with E-state index in [1.807, 2.05) is 26.0 Å². The lowest BCUT2D eigenvalue weighted by atomic mass is 10.1. The minimum absolute atomic E-state index is 0.0958. The number of benzene rings is 2. The van der Waals surface area contributed by atoms with Crippen LogP contribution in [-0.2, 0) is 11.3 Å². The molecule has 0 fully saturated rings. The largest absolute Gasteiger partial charge is 0.341 e. The first kappa shape index (κ1) is 17.9. The van der Waals surface area contributed by atoms with Crippen LogP contribution in [0.4, 0.5) is 0 Å². The van der Waals surface area contributed by atoms with Gasteiger partial charge in [-0.3, -0.25) is 19.3 Å². The molecule has 1 aliphatic heterocycles. The third-order valence-electron chi connectivity index (χ3n) is 4.76. The third kappa shape index (κ3) is 3.38. The Kier molecular flexibility index (Phi) is 4.89. The standard InChI is InChI=1S/C21H22N2O3/c1-14-8-9-16(15(2)12-14)13-22(3)19(24)10-11-23-20(25)17-6-4-5-7-18(17)21(23)26/h4-9,12H,10-11,13H2,1-3H3. The molecular formula is C21H22N2O3. The molecule has 0 spiro atoms. The van der Waals surface area contributed by atoms with Gasteiger partial charge in [-0.25, -0.2) is 0 Å². The fourth-order valence-corrected chi connectivity index (χ4v) is 3.21. The number of imide groups is 1. The second-order valence-electron chi connectivity index (χ2n) is 6.74. The van der Waals surface area contributed by atoms with Crippen LogP contribution in [0.3, 0.4) is 0 Å². The van der Waals surface area contributed by atoms with E-state index in [0.717, 1.165) is 16.0 Å². The zero-order chi connectivity index (χ0) is 18.8. The molecule has 2 aromatic rings. The predicted octanol–water partition coefficient (Wildman–Crippen LogP) is 2.95. The van der Waals surface area contributed by atoms with Crippen LogP contribution in [0.5, 0.6) is 0 Å². The highest BCUT2D eigenvalue weighted by molar-refractivity contribution is 6.21. The smallest absolute Gasteiger partial charge is 0.261 e. The first-order chi connectivity index (χ1) is 12.4. The molecule has 1 heterocycles. The second kappa shape index (κ2) is 7.12. The van der Waals surface area contributed by atoms with Crippen LogP contribution in [0.25, 0.3) is 0 Å². The lowest BCUT2D eigenvalue weighted by Gasteiger charge is -2.20. The summed E-state index contributed by atoms with van der Waals surface area (Å²) in [4.78, 5) is 39.9. The summed E-state index contributed by atoms with van der Waals surface area (Å²) in [5.74, 6) is -0.743. The summed E-state index contributed by atoms with van der Waals surface area (Å²) in [6.07, 6.45) is 0.118. The van der Waals surface area contributed by atoms with Gasteiger partial charge in [-0.15, -0.1) is 0 Å². The number of hydrogen-bond donors (Lipinski definition) is 0. The molecule has 5 nitrogen and oxygen atoms in total. The SMILES string of the molecule is Cc1ccc(CN(C)C(=O)CCN2C(=O)c3ccccc3C2=O)c(C)c1. The summed E-state index contributed by atoms with van der Waals surface area (Å²) in [6.45, 7) is 4.67. The summed E-state index contributed by atoms with van der Waals surface area (Å²) in [7, 11) is 1.74. The Hall–Kier alpha value is -2.95. The Labute approximate surface area is 153 Å². The van der Waals surface area contributed by atoms with Gasteiger partial charge < -0.3 is 4.90 Å². The number of hydrogen-bond acceptors (Lipinski definition) is 3. The summed E-state index contributed by atoms with van der Waals surface area (Å²) in [5.41, 5.74) is 4.24. The molecule has 2 aromatic carbocycles. The maximum atomic E-state index is 12.4. The minimum atomic E-state index is -0.324. The van der Waals surface area contributed by atoms with E-state index >= 15 is 0 Å². The van der Waals surface area contributed by atoms with Gasteiger partial charge in [0.25, 0.3) is 11.8 Å². The van der Waals surface area contributed by atoms with Crippen molar-refractivity contribution in [2.45, 2.75) is 26.8 Å². The molecule has 0 aliphatic carbocycles. The maximum absolute atomic E-state index is 12.4. The van der Waals surface area contributed by atoms with Crippen molar-refractivity contribution in [2.24, 2.45) is 0 Å². The van der Waals surface area contributed by atoms with Crippen LogP contribution in [0, 0.1) is 13.8 Å². The molecule has 134 valence electrons. The molecule has 0 unspecified atom stereocenters. The molecule has 26 heavy (non-hydrogen) atoms. The van der Waals surface area contributed by atoms with Crippen LogP contribution in [0.1, 0.15) is 43.8 Å². The van der Waals surface area contributed by atoms with E-state index in [1.165, 1.54) is 5.56 Å². The maximum Gasteiger partial charge on any atom is 0.261 e. The number of amides is 3. The first-order valence-electron chi connectivity index (χ1n) is 8.64. The number of nitrogens with zero attached hydrogens (tertiary/aromatic N) is 2. The van der Waals surface area contributed by atoms with Crippen LogP contribution in [0.2, 0.25) is 0 Å². The van der Waals surface area contributed by atoms with Crippen LogP contribution < -0.4 is 0 Å². The van der Waals surface area contributed by atoms with E-state index in [9.17, 15) is 14.4 Å². The topological polar surface area (TPSA) is 57.7 Å². The zero-order valence-electron chi connectivity index (χ0n) is 15.3. The van der Waals surface area contributed by atoms with Crippen molar-refractivity contribution >= 4 is 17.7 Å². The Morgan fingerprint density at radius 3 is 2.19 bits per heavy atom. The molecule has 0 N–H and O–H groups in total. The quantitative estimate of drug-likeness (QED) is 0.779. The Balaban J connectivity index is 1.60. The van der Waals surface area contributed by atoms with E-state index in [-0.39, 0.29) is 30.7 Å². The Morgan fingerprint density at radius 2 is 1.62 bits per heavy atom. The van der Waals surface area contributed by atoms with E-state index in [2.05, 4.69) is 6.07 Å². The molecule has 3 rings (SSSR count). The molecule has 5 heteroatoms. The van der Waals surface area contributed by atoms with Gasteiger partial charge in [-0.1, -0.05) is 35.9 Å². The van der Waals surface area contributed by atoms with Crippen molar-refractivity contribution in [1.29, 1.82) is 0 Å². The molecule has 0 radical (unpaired) electrons. The molecule has 0 atom stereocenters. The molecular weight excluding hydrogens is 328 g/mol. The van der Waals surface area contributed by atoms with E-state index in [1.54, 1.807) is 36.2 Å². The fourth-order valence-electron chi connectivity index (χ4n) is 3.21. The fraction of sp³-hybridized carbons (Fsp3) is 0.286. The highest BCUT2D eigenvalue weighted by Crippen LogP contribution is 2.22. The molecule has 3 amide bonds. The van der Waals surface area contributed by atoms with Crippen molar-refractivity contribution in [3.05, 3.63) is 70.3 Å². The van der Waals surface area contributed by atoms with Crippen molar-refractivity contribution in [2.75, 3.05) is 13.6 Å². The van der Waals surface area contributed by atoms with Gasteiger partial charge >= 0.3 is 0 Å². The molecule has 0 aromatic heterocycles. The molecule has 0 bridgehead atoms. The molecule has 1 aliphatic rings. The van der Waals surface area contributed by atoms with Crippen LogP contribution >= 0.6 is 0 Å². The number of carbonyl (C=O) groups excluding carboxylic acids is 3. The van der Waals surface area contributed by atoms with Gasteiger partial charge in [0.2, 0.25) is 5.91 Å². The normalized spacial score (nSPS) is 13.1. The average Bonchev–Trinajstić information content (AvgIpc) is 2.86. The van der Waals surface area contributed by atoms with Gasteiger partial charge in [0.15, 0.2) is 0 Å². The zero-order valence-corrected chi connectivity index (χ0v) is 15.3. The number of aryl methyl sites for hydroxylation is 2. The van der Waals surface area contributed by atoms with Crippen molar-refractivity contribution in [3.63, 3.8) is 0 Å². The Bertz CT molecular complexity index is 854. The van der Waals surface area contributed by atoms with E-state index in [4.69, 9.17) is 0 Å². The summed E-state index contributed by atoms with van der Waals surface area (Å²) < 4.78 is 0. The summed E-state index contributed by atoms with van der Waals surface area (Å²) >= 11 is 0. The summed E-state index contributed by atoms with van der Waals surface area (Å²) in [6, 6.07) is 12.9. The summed E-state index contributed by atoms with van der Waals surface area (Å²) in [5, 5.41) is 0. The first-order valence-corrected chi connectivity index (χ1v) is 8.64. The average molecular weight is 350 g/mol. The number of rotatable bonds is 5.